The second kappa shape index (κ2) is 5.71. The summed E-state index contributed by atoms with van der Waals surface area (Å²) in [5.74, 6) is 0. The Kier molecular flexibility index (Phi) is 4.48. The first kappa shape index (κ1) is 13.4. The molecule has 0 aromatic heterocycles. The van der Waals surface area contributed by atoms with Gasteiger partial charge in [-0.25, -0.2) is 0 Å². The summed E-state index contributed by atoms with van der Waals surface area (Å²) in [5.41, 5.74) is 0.713. The molecule has 2 nitrogen and oxygen atoms in total. The summed E-state index contributed by atoms with van der Waals surface area (Å²) in [6, 6.07) is 1.52. The van der Waals surface area contributed by atoms with Gasteiger partial charge in [-0.2, -0.15) is 0 Å². The van der Waals surface area contributed by atoms with Crippen LogP contribution in [-0.4, -0.2) is 37.6 Å². The Morgan fingerprint density at radius 1 is 1.18 bits per heavy atom. The van der Waals surface area contributed by atoms with E-state index in [1.54, 1.807) is 0 Å². The molecule has 1 spiro atoms. The summed E-state index contributed by atoms with van der Waals surface area (Å²) < 4.78 is 0. The number of rotatable bonds is 5. The van der Waals surface area contributed by atoms with Crippen molar-refractivity contribution in [3.05, 3.63) is 0 Å². The Labute approximate surface area is 107 Å². The maximum atomic E-state index is 3.91. The van der Waals surface area contributed by atoms with Crippen LogP contribution in [0, 0.1) is 5.41 Å². The molecule has 2 unspecified atom stereocenters. The van der Waals surface area contributed by atoms with Gasteiger partial charge < -0.3 is 10.2 Å². The first-order chi connectivity index (χ1) is 8.12. The van der Waals surface area contributed by atoms with E-state index in [-0.39, 0.29) is 0 Å². The average Bonchev–Trinajstić information content (AvgIpc) is 2.33. The summed E-state index contributed by atoms with van der Waals surface area (Å²) in [6.45, 7) is 3.56. The molecule has 2 rings (SSSR count). The smallest absolute Gasteiger partial charge is 0.0126 e. The average molecular weight is 238 g/mol. The van der Waals surface area contributed by atoms with Crippen LogP contribution in [0.5, 0.6) is 0 Å². The molecule has 2 saturated carbocycles. The van der Waals surface area contributed by atoms with Crippen LogP contribution in [0.3, 0.4) is 0 Å². The Balaban J connectivity index is 1.75. The van der Waals surface area contributed by atoms with Crippen molar-refractivity contribution in [1.29, 1.82) is 0 Å². The van der Waals surface area contributed by atoms with Gasteiger partial charge in [-0.05, 0) is 65.1 Å². The second-order valence-electron chi connectivity index (χ2n) is 6.67. The van der Waals surface area contributed by atoms with Crippen LogP contribution < -0.4 is 5.32 Å². The first-order valence-corrected chi connectivity index (χ1v) is 7.53. The van der Waals surface area contributed by atoms with E-state index in [1.807, 2.05) is 0 Å². The Bertz CT molecular complexity index is 231. The number of nitrogens with one attached hydrogen (secondary N) is 1. The van der Waals surface area contributed by atoms with E-state index < -0.39 is 0 Å². The summed E-state index contributed by atoms with van der Waals surface area (Å²) >= 11 is 0. The van der Waals surface area contributed by atoms with Crippen LogP contribution in [0.25, 0.3) is 0 Å². The zero-order chi connectivity index (χ0) is 12.3. The SMILES string of the molecule is CC(CCN(C)C)NC1CCC12CCCCC2. The van der Waals surface area contributed by atoms with E-state index in [9.17, 15) is 0 Å². The highest BCUT2D eigenvalue weighted by molar-refractivity contribution is 5.02. The predicted molar refractivity (Wildman–Crippen MR) is 74.3 cm³/mol. The molecule has 2 heteroatoms. The molecule has 0 radical (unpaired) electrons. The van der Waals surface area contributed by atoms with Crippen LogP contribution in [0.4, 0.5) is 0 Å². The molecule has 2 aliphatic rings. The van der Waals surface area contributed by atoms with E-state index in [1.165, 1.54) is 57.9 Å². The largest absolute Gasteiger partial charge is 0.311 e. The molecule has 0 saturated heterocycles. The van der Waals surface area contributed by atoms with Gasteiger partial charge in [-0.1, -0.05) is 19.3 Å². The lowest BCUT2D eigenvalue weighted by Gasteiger charge is -2.53. The lowest BCUT2D eigenvalue weighted by Crippen LogP contribution is -2.56. The van der Waals surface area contributed by atoms with Crippen LogP contribution in [0.1, 0.15) is 58.3 Å². The lowest BCUT2D eigenvalue weighted by atomic mass is 9.57. The highest BCUT2D eigenvalue weighted by atomic mass is 15.1. The van der Waals surface area contributed by atoms with Gasteiger partial charge in [0.2, 0.25) is 0 Å². The van der Waals surface area contributed by atoms with Gasteiger partial charge in [0, 0.05) is 12.1 Å². The summed E-state index contributed by atoms with van der Waals surface area (Å²) in [6.07, 6.45) is 11.6. The Morgan fingerprint density at radius 3 is 2.41 bits per heavy atom. The molecular weight excluding hydrogens is 208 g/mol. The van der Waals surface area contributed by atoms with Crippen molar-refractivity contribution in [3.63, 3.8) is 0 Å². The first-order valence-electron chi connectivity index (χ1n) is 7.53. The standard InChI is InChI=1S/C15H30N2/c1-13(8-12-17(2)3)16-14-7-11-15(14)9-5-4-6-10-15/h13-14,16H,4-12H2,1-3H3. The summed E-state index contributed by atoms with van der Waals surface area (Å²) in [7, 11) is 4.33. The van der Waals surface area contributed by atoms with Crippen LogP contribution >= 0.6 is 0 Å². The quantitative estimate of drug-likeness (QED) is 0.792. The second-order valence-corrected chi connectivity index (χ2v) is 6.67. The number of hydrogen-bond acceptors (Lipinski definition) is 2. The molecule has 0 heterocycles. The van der Waals surface area contributed by atoms with Crippen molar-refractivity contribution in [2.45, 2.75) is 70.4 Å². The fourth-order valence-corrected chi connectivity index (χ4v) is 3.69. The van der Waals surface area contributed by atoms with E-state index in [2.05, 4.69) is 31.2 Å². The van der Waals surface area contributed by atoms with E-state index in [0.717, 1.165) is 6.04 Å². The van der Waals surface area contributed by atoms with Crippen molar-refractivity contribution in [2.24, 2.45) is 5.41 Å². The van der Waals surface area contributed by atoms with Gasteiger partial charge in [0.1, 0.15) is 0 Å². The van der Waals surface area contributed by atoms with Gasteiger partial charge in [0.25, 0.3) is 0 Å². The highest BCUT2D eigenvalue weighted by Crippen LogP contribution is 2.51. The third kappa shape index (κ3) is 3.23. The molecule has 0 amide bonds. The third-order valence-corrected chi connectivity index (χ3v) is 5.01. The molecular formula is C15H30N2. The molecule has 100 valence electrons. The topological polar surface area (TPSA) is 15.3 Å². The summed E-state index contributed by atoms with van der Waals surface area (Å²) in [5, 5.41) is 3.91. The van der Waals surface area contributed by atoms with Crippen molar-refractivity contribution in [3.8, 4) is 0 Å². The number of hydrogen-bond donors (Lipinski definition) is 1. The van der Waals surface area contributed by atoms with E-state index >= 15 is 0 Å². The summed E-state index contributed by atoms with van der Waals surface area (Å²) in [4.78, 5) is 2.29. The fourth-order valence-electron chi connectivity index (χ4n) is 3.69. The molecule has 1 N–H and O–H groups in total. The zero-order valence-corrected chi connectivity index (χ0v) is 12.0. The molecule has 0 aromatic carbocycles. The molecule has 0 aromatic rings. The minimum atomic E-state index is 0.682. The third-order valence-electron chi connectivity index (χ3n) is 5.01. The molecule has 0 bridgehead atoms. The van der Waals surface area contributed by atoms with Gasteiger partial charge in [-0.15, -0.1) is 0 Å². The predicted octanol–water partition coefficient (Wildman–Crippen LogP) is 3.03. The monoisotopic (exact) mass is 238 g/mol. The maximum Gasteiger partial charge on any atom is 0.0126 e. The van der Waals surface area contributed by atoms with E-state index in [0.29, 0.717) is 11.5 Å². The molecule has 2 aliphatic carbocycles. The normalized spacial score (nSPS) is 29.3. The molecule has 17 heavy (non-hydrogen) atoms. The van der Waals surface area contributed by atoms with Gasteiger partial charge in [-0.3, -0.25) is 0 Å². The van der Waals surface area contributed by atoms with Crippen molar-refractivity contribution >= 4 is 0 Å². The van der Waals surface area contributed by atoms with Gasteiger partial charge >= 0.3 is 0 Å². The van der Waals surface area contributed by atoms with Crippen LogP contribution in [0.2, 0.25) is 0 Å². The van der Waals surface area contributed by atoms with Crippen molar-refractivity contribution < 1.29 is 0 Å². The molecule has 0 aliphatic heterocycles. The maximum absolute atomic E-state index is 3.91. The Hall–Kier alpha value is -0.0800. The highest BCUT2D eigenvalue weighted by Gasteiger charge is 2.46. The molecule has 2 fully saturated rings. The Morgan fingerprint density at radius 2 is 1.88 bits per heavy atom. The zero-order valence-electron chi connectivity index (χ0n) is 12.0. The van der Waals surface area contributed by atoms with Gasteiger partial charge in [0.05, 0.1) is 0 Å². The minimum Gasteiger partial charge on any atom is -0.311 e. The lowest BCUT2D eigenvalue weighted by molar-refractivity contribution is 0.0167. The van der Waals surface area contributed by atoms with Crippen molar-refractivity contribution in [2.75, 3.05) is 20.6 Å². The van der Waals surface area contributed by atoms with Crippen LogP contribution in [-0.2, 0) is 0 Å². The van der Waals surface area contributed by atoms with Gasteiger partial charge in [0.15, 0.2) is 0 Å². The van der Waals surface area contributed by atoms with E-state index in [4.69, 9.17) is 0 Å². The number of nitrogens with zero attached hydrogens (tertiary/aromatic N) is 1. The molecule has 2 atom stereocenters. The van der Waals surface area contributed by atoms with Crippen molar-refractivity contribution in [1.82, 2.24) is 10.2 Å². The minimum absolute atomic E-state index is 0.682. The van der Waals surface area contributed by atoms with Crippen LogP contribution in [0.15, 0.2) is 0 Å². The fraction of sp³-hybridized carbons (Fsp3) is 1.00.